The molecular formula is C17H17N3O3S. The molecule has 2 aromatic heterocycles. The summed E-state index contributed by atoms with van der Waals surface area (Å²) in [7, 11) is 1.32. The van der Waals surface area contributed by atoms with E-state index < -0.39 is 5.97 Å². The highest BCUT2D eigenvalue weighted by Crippen LogP contribution is 2.34. The first kappa shape index (κ1) is 16.3. The first-order valence-electron chi connectivity index (χ1n) is 7.41. The lowest BCUT2D eigenvalue weighted by molar-refractivity contribution is 0.0563. The fraction of sp³-hybridized carbons (Fsp3) is 0.235. The second-order valence-corrected chi connectivity index (χ2v) is 6.59. The molecule has 1 unspecified atom stereocenters. The molecule has 3 aromatic rings. The van der Waals surface area contributed by atoms with Gasteiger partial charge in [0.2, 0.25) is 10.9 Å². The number of hydrogen-bond acceptors (Lipinski definition) is 6. The minimum absolute atomic E-state index is 0.0370. The number of carbonyl (C=O) groups excluding carboxylic acids is 1. The van der Waals surface area contributed by atoms with Crippen molar-refractivity contribution >= 4 is 17.7 Å². The zero-order valence-electron chi connectivity index (χ0n) is 13.6. The summed E-state index contributed by atoms with van der Waals surface area (Å²) in [5, 5.41) is 7.76. The van der Waals surface area contributed by atoms with Gasteiger partial charge in [-0.3, -0.25) is 5.10 Å². The van der Waals surface area contributed by atoms with Crippen LogP contribution in [0.2, 0.25) is 0 Å². The van der Waals surface area contributed by atoms with Gasteiger partial charge in [-0.1, -0.05) is 41.6 Å². The molecule has 24 heavy (non-hydrogen) atoms. The number of nitrogens with zero attached hydrogens (tertiary/aromatic N) is 2. The van der Waals surface area contributed by atoms with Gasteiger partial charge in [-0.2, -0.15) is 0 Å². The van der Waals surface area contributed by atoms with E-state index in [-0.39, 0.29) is 11.0 Å². The Labute approximate surface area is 143 Å². The summed E-state index contributed by atoms with van der Waals surface area (Å²) in [6, 6.07) is 11.4. The molecule has 0 aliphatic rings. The summed E-state index contributed by atoms with van der Waals surface area (Å²) in [4.78, 5) is 15.9. The van der Waals surface area contributed by atoms with Crippen molar-refractivity contribution in [3.8, 4) is 11.4 Å². The van der Waals surface area contributed by atoms with Crippen LogP contribution in [0.25, 0.3) is 11.4 Å². The maximum absolute atomic E-state index is 11.4. The molecule has 0 spiro atoms. The van der Waals surface area contributed by atoms with E-state index in [9.17, 15) is 4.79 Å². The zero-order chi connectivity index (χ0) is 17.1. The van der Waals surface area contributed by atoms with Crippen LogP contribution in [-0.2, 0) is 4.74 Å². The Bertz CT molecular complexity index is 839. The van der Waals surface area contributed by atoms with Crippen molar-refractivity contribution in [1.29, 1.82) is 0 Å². The van der Waals surface area contributed by atoms with E-state index in [0.717, 1.165) is 11.4 Å². The van der Waals surface area contributed by atoms with E-state index in [0.29, 0.717) is 10.9 Å². The molecule has 1 atom stereocenters. The molecule has 0 fully saturated rings. The maximum atomic E-state index is 11.4. The van der Waals surface area contributed by atoms with Crippen LogP contribution in [0.5, 0.6) is 0 Å². The number of hydrogen-bond donors (Lipinski definition) is 1. The number of aromatic nitrogens is 3. The van der Waals surface area contributed by atoms with E-state index in [1.54, 1.807) is 12.1 Å². The number of thioether (sulfide) groups is 1. The van der Waals surface area contributed by atoms with Crippen LogP contribution in [0.1, 0.15) is 34.1 Å². The second-order valence-electron chi connectivity index (χ2n) is 5.29. The van der Waals surface area contributed by atoms with Gasteiger partial charge in [0.1, 0.15) is 5.76 Å². The minimum Gasteiger partial charge on any atom is -0.463 e. The van der Waals surface area contributed by atoms with Gasteiger partial charge in [0, 0.05) is 5.56 Å². The van der Waals surface area contributed by atoms with E-state index in [4.69, 9.17) is 4.42 Å². The van der Waals surface area contributed by atoms with Gasteiger partial charge in [-0.15, -0.1) is 5.10 Å². The number of aromatic amines is 1. The average molecular weight is 343 g/mol. The second kappa shape index (κ2) is 6.92. The van der Waals surface area contributed by atoms with Crippen LogP contribution in [0.4, 0.5) is 0 Å². The number of H-pyrrole nitrogens is 1. The summed E-state index contributed by atoms with van der Waals surface area (Å²) < 4.78 is 10.2. The topological polar surface area (TPSA) is 81.0 Å². The van der Waals surface area contributed by atoms with Gasteiger partial charge in [-0.25, -0.2) is 9.78 Å². The van der Waals surface area contributed by atoms with Crippen molar-refractivity contribution < 1.29 is 13.9 Å². The van der Waals surface area contributed by atoms with E-state index >= 15 is 0 Å². The summed E-state index contributed by atoms with van der Waals surface area (Å²) in [6.07, 6.45) is 0. The first-order chi connectivity index (χ1) is 11.6. The number of aryl methyl sites for hydroxylation is 1. The molecule has 0 amide bonds. The quantitative estimate of drug-likeness (QED) is 0.557. The third-order valence-corrected chi connectivity index (χ3v) is 4.47. The fourth-order valence-electron chi connectivity index (χ4n) is 2.14. The van der Waals surface area contributed by atoms with Crippen LogP contribution in [0, 0.1) is 6.92 Å². The largest absolute Gasteiger partial charge is 0.463 e. The Morgan fingerprint density at radius 3 is 2.71 bits per heavy atom. The number of furan rings is 1. The van der Waals surface area contributed by atoms with Gasteiger partial charge in [0.25, 0.3) is 0 Å². The van der Waals surface area contributed by atoms with E-state index in [2.05, 4.69) is 19.9 Å². The SMILES string of the molecule is COC(=O)c1ccc(C(C)Sc2n[nH]c(-c3ccc(C)cc3)n2)o1. The monoisotopic (exact) mass is 343 g/mol. The number of carbonyl (C=O) groups is 1. The Balaban J connectivity index is 1.71. The molecule has 1 N–H and O–H groups in total. The molecule has 0 saturated carbocycles. The molecule has 0 radical (unpaired) electrons. The average Bonchev–Trinajstić information content (AvgIpc) is 3.24. The van der Waals surface area contributed by atoms with Gasteiger partial charge < -0.3 is 9.15 Å². The number of ether oxygens (including phenoxy) is 1. The number of methoxy groups -OCH3 is 1. The number of rotatable bonds is 5. The Kier molecular flexibility index (Phi) is 4.71. The van der Waals surface area contributed by atoms with E-state index in [1.165, 1.54) is 24.4 Å². The Morgan fingerprint density at radius 2 is 2.00 bits per heavy atom. The molecule has 3 rings (SSSR count). The molecular weight excluding hydrogens is 326 g/mol. The lowest BCUT2D eigenvalue weighted by Gasteiger charge is -2.04. The molecule has 0 bridgehead atoms. The maximum Gasteiger partial charge on any atom is 0.373 e. The lowest BCUT2D eigenvalue weighted by Crippen LogP contribution is -1.98. The van der Waals surface area contributed by atoms with Crippen LogP contribution < -0.4 is 0 Å². The molecule has 0 saturated heterocycles. The summed E-state index contributed by atoms with van der Waals surface area (Å²) >= 11 is 1.45. The molecule has 124 valence electrons. The Morgan fingerprint density at radius 1 is 1.25 bits per heavy atom. The minimum atomic E-state index is -0.488. The van der Waals surface area contributed by atoms with Crippen molar-refractivity contribution in [1.82, 2.24) is 15.2 Å². The van der Waals surface area contributed by atoms with Gasteiger partial charge in [0.05, 0.1) is 12.4 Å². The predicted molar refractivity (Wildman–Crippen MR) is 90.9 cm³/mol. The van der Waals surface area contributed by atoms with Gasteiger partial charge >= 0.3 is 5.97 Å². The van der Waals surface area contributed by atoms with Crippen molar-refractivity contribution in [3.63, 3.8) is 0 Å². The molecule has 0 aliphatic heterocycles. The normalized spacial score (nSPS) is 12.1. The highest BCUT2D eigenvalue weighted by molar-refractivity contribution is 7.99. The van der Waals surface area contributed by atoms with Crippen LogP contribution >= 0.6 is 11.8 Å². The predicted octanol–water partition coefficient (Wildman–Crippen LogP) is 4.01. The summed E-state index contributed by atoms with van der Waals surface area (Å²) in [6.45, 7) is 4.01. The molecule has 7 heteroatoms. The van der Waals surface area contributed by atoms with Gasteiger partial charge in [0.15, 0.2) is 5.82 Å². The number of esters is 1. The van der Waals surface area contributed by atoms with Crippen LogP contribution in [0.3, 0.4) is 0 Å². The summed E-state index contributed by atoms with van der Waals surface area (Å²) in [5.74, 6) is 1.09. The third-order valence-electron chi connectivity index (χ3n) is 3.49. The molecule has 6 nitrogen and oxygen atoms in total. The van der Waals surface area contributed by atoms with Gasteiger partial charge in [-0.05, 0) is 26.0 Å². The highest BCUT2D eigenvalue weighted by Gasteiger charge is 2.18. The third kappa shape index (κ3) is 3.51. The van der Waals surface area contributed by atoms with Crippen molar-refractivity contribution in [3.05, 3.63) is 53.5 Å². The molecule has 1 aromatic carbocycles. The number of benzene rings is 1. The van der Waals surface area contributed by atoms with Crippen molar-refractivity contribution in [2.75, 3.05) is 7.11 Å². The summed E-state index contributed by atoms with van der Waals surface area (Å²) in [5.41, 5.74) is 2.18. The first-order valence-corrected chi connectivity index (χ1v) is 8.29. The fourth-order valence-corrected chi connectivity index (χ4v) is 2.94. The standard InChI is InChI=1S/C17H17N3O3S/c1-10-4-6-12(7-5-10)15-18-17(20-19-15)24-11(2)13-8-9-14(23-13)16(21)22-3/h4-9,11H,1-3H3,(H,18,19,20). The number of nitrogens with one attached hydrogen (secondary N) is 1. The van der Waals surface area contributed by atoms with E-state index in [1.807, 2.05) is 38.1 Å². The lowest BCUT2D eigenvalue weighted by atomic mass is 10.1. The smallest absolute Gasteiger partial charge is 0.373 e. The molecule has 0 aliphatic carbocycles. The molecule has 2 heterocycles. The highest BCUT2D eigenvalue weighted by atomic mass is 32.2. The Hall–Kier alpha value is -2.54. The van der Waals surface area contributed by atoms with Crippen molar-refractivity contribution in [2.45, 2.75) is 24.3 Å². The zero-order valence-corrected chi connectivity index (χ0v) is 14.4. The van der Waals surface area contributed by atoms with Crippen LogP contribution in [-0.4, -0.2) is 28.3 Å². The van der Waals surface area contributed by atoms with Crippen LogP contribution in [0.15, 0.2) is 46.0 Å². The van der Waals surface area contributed by atoms with Crippen molar-refractivity contribution in [2.24, 2.45) is 0 Å².